The summed E-state index contributed by atoms with van der Waals surface area (Å²) in [4.78, 5) is 5.02. The van der Waals surface area contributed by atoms with Gasteiger partial charge in [0, 0.05) is 23.8 Å². The topological polar surface area (TPSA) is 56.2 Å². The summed E-state index contributed by atoms with van der Waals surface area (Å²) < 4.78 is 21.4. The van der Waals surface area contributed by atoms with Crippen LogP contribution in [-0.2, 0) is 5.75 Å². The number of hydrogen-bond donors (Lipinski definition) is 0. The SMILES string of the molecule is Cc1nnc(-c2ncc3c(F)cc(SCc4ccccc4)cn23)o1. The van der Waals surface area contributed by atoms with E-state index in [2.05, 4.69) is 15.2 Å². The van der Waals surface area contributed by atoms with Gasteiger partial charge in [-0.25, -0.2) is 9.37 Å². The van der Waals surface area contributed by atoms with Crippen LogP contribution in [0.1, 0.15) is 11.5 Å². The molecule has 0 aliphatic rings. The zero-order valence-corrected chi connectivity index (χ0v) is 13.6. The number of thioether (sulfide) groups is 1. The standard InChI is InChI=1S/C17H13FN4OS/c1-11-20-21-17(23-11)16-19-8-15-14(18)7-13(9-22(15)16)24-10-12-5-3-2-4-6-12/h2-9H,10H2,1H3. The largest absolute Gasteiger partial charge is 0.419 e. The third-order valence-electron chi connectivity index (χ3n) is 3.53. The Hall–Kier alpha value is -2.67. The van der Waals surface area contributed by atoms with Crippen LogP contribution in [0.2, 0.25) is 0 Å². The molecule has 0 fully saturated rings. The zero-order chi connectivity index (χ0) is 16.5. The van der Waals surface area contributed by atoms with Gasteiger partial charge in [0.1, 0.15) is 11.3 Å². The van der Waals surface area contributed by atoms with E-state index in [1.54, 1.807) is 23.1 Å². The summed E-state index contributed by atoms with van der Waals surface area (Å²) in [6.45, 7) is 1.70. The van der Waals surface area contributed by atoms with Crippen molar-refractivity contribution in [1.29, 1.82) is 0 Å². The molecule has 0 amide bonds. The summed E-state index contributed by atoms with van der Waals surface area (Å²) in [5.74, 6) is 1.58. The molecule has 0 saturated carbocycles. The number of hydrogen-bond acceptors (Lipinski definition) is 5. The molecule has 0 N–H and O–H groups in total. The summed E-state index contributed by atoms with van der Waals surface area (Å²) in [5, 5.41) is 7.76. The number of nitrogens with zero attached hydrogens (tertiary/aromatic N) is 4. The van der Waals surface area contributed by atoms with Crippen LogP contribution in [0.4, 0.5) is 4.39 Å². The summed E-state index contributed by atoms with van der Waals surface area (Å²) in [6.07, 6.45) is 3.31. The van der Waals surface area contributed by atoms with Crippen molar-refractivity contribution in [3.8, 4) is 11.7 Å². The summed E-state index contributed by atoms with van der Waals surface area (Å²) >= 11 is 1.56. The molecule has 0 aliphatic carbocycles. The molecule has 24 heavy (non-hydrogen) atoms. The fraction of sp³-hybridized carbons (Fsp3) is 0.118. The lowest BCUT2D eigenvalue weighted by atomic mass is 10.2. The van der Waals surface area contributed by atoms with Crippen molar-refractivity contribution in [3.63, 3.8) is 0 Å². The molecule has 0 radical (unpaired) electrons. The number of benzene rings is 1. The number of halogens is 1. The molecule has 4 rings (SSSR count). The first kappa shape index (κ1) is 14.9. The predicted octanol–water partition coefficient (Wildman–Crippen LogP) is 4.12. The highest BCUT2D eigenvalue weighted by Crippen LogP contribution is 2.27. The molecule has 0 unspecified atom stereocenters. The number of pyridine rings is 1. The third-order valence-corrected chi connectivity index (χ3v) is 4.57. The van der Waals surface area contributed by atoms with Crippen LogP contribution in [0.5, 0.6) is 0 Å². The summed E-state index contributed by atoms with van der Waals surface area (Å²) in [7, 11) is 0. The van der Waals surface area contributed by atoms with E-state index >= 15 is 0 Å². The Morgan fingerprint density at radius 3 is 2.79 bits per heavy atom. The maximum absolute atomic E-state index is 14.4. The number of aryl methyl sites for hydroxylation is 1. The van der Waals surface area contributed by atoms with Crippen molar-refractivity contribution in [2.75, 3.05) is 0 Å². The maximum Gasteiger partial charge on any atom is 0.284 e. The second-order valence-corrected chi connectivity index (χ2v) is 6.31. The van der Waals surface area contributed by atoms with Crippen LogP contribution >= 0.6 is 11.8 Å². The monoisotopic (exact) mass is 340 g/mol. The molecule has 3 aromatic heterocycles. The smallest absolute Gasteiger partial charge is 0.284 e. The van der Waals surface area contributed by atoms with Crippen molar-refractivity contribution in [2.24, 2.45) is 0 Å². The first-order chi connectivity index (χ1) is 11.7. The fourth-order valence-corrected chi connectivity index (χ4v) is 3.29. The van der Waals surface area contributed by atoms with Crippen LogP contribution < -0.4 is 0 Å². The van der Waals surface area contributed by atoms with E-state index < -0.39 is 0 Å². The molecule has 0 bridgehead atoms. The Bertz CT molecular complexity index is 996. The van der Waals surface area contributed by atoms with Crippen LogP contribution in [0.25, 0.3) is 17.2 Å². The Morgan fingerprint density at radius 2 is 2.04 bits per heavy atom. The Labute approximate surface area is 141 Å². The van der Waals surface area contributed by atoms with Gasteiger partial charge in [-0.3, -0.25) is 4.40 Å². The predicted molar refractivity (Wildman–Crippen MR) is 89.2 cm³/mol. The van der Waals surface area contributed by atoms with Gasteiger partial charge in [0.25, 0.3) is 5.89 Å². The molecule has 0 aliphatic heterocycles. The molecule has 4 aromatic rings. The van der Waals surface area contributed by atoms with E-state index in [1.165, 1.54) is 17.8 Å². The molecule has 0 spiro atoms. The van der Waals surface area contributed by atoms with Crippen molar-refractivity contribution in [2.45, 2.75) is 17.6 Å². The van der Waals surface area contributed by atoms with Gasteiger partial charge in [0.15, 0.2) is 0 Å². The Balaban J connectivity index is 1.70. The van der Waals surface area contributed by atoms with E-state index in [4.69, 9.17) is 4.42 Å². The lowest BCUT2D eigenvalue weighted by Crippen LogP contribution is -1.93. The highest BCUT2D eigenvalue weighted by molar-refractivity contribution is 7.98. The number of rotatable bonds is 4. The molecule has 3 heterocycles. The van der Waals surface area contributed by atoms with Gasteiger partial charge in [0.2, 0.25) is 11.7 Å². The fourth-order valence-electron chi connectivity index (χ4n) is 2.40. The summed E-state index contributed by atoms with van der Waals surface area (Å²) in [5.41, 5.74) is 1.56. The molecule has 0 saturated heterocycles. The van der Waals surface area contributed by atoms with E-state index in [1.807, 2.05) is 36.5 Å². The second kappa shape index (κ2) is 6.09. The van der Waals surface area contributed by atoms with Crippen LogP contribution in [0, 0.1) is 12.7 Å². The maximum atomic E-state index is 14.4. The summed E-state index contributed by atoms with van der Waals surface area (Å²) in [6, 6.07) is 11.6. The van der Waals surface area contributed by atoms with E-state index in [0.717, 1.165) is 10.6 Å². The van der Waals surface area contributed by atoms with Crippen LogP contribution in [-0.4, -0.2) is 19.6 Å². The molecular weight excluding hydrogens is 327 g/mol. The number of aromatic nitrogens is 4. The van der Waals surface area contributed by atoms with Gasteiger partial charge in [0.05, 0.1) is 6.20 Å². The molecule has 120 valence electrons. The molecule has 5 nitrogen and oxygen atoms in total. The van der Waals surface area contributed by atoms with E-state index in [0.29, 0.717) is 17.2 Å². The average Bonchev–Trinajstić information content (AvgIpc) is 3.20. The molecule has 7 heteroatoms. The second-order valence-electron chi connectivity index (χ2n) is 5.26. The van der Waals surface area contributed by atoms with Crippen LogP contribution in [0.15, 0.2) is 58.1 Å². The van der Waals surface area contributed by atoms with Crippen molar-refractivity contribution < 1.29 is 8.81 Å². The van der Waals surface area contributed by atoms with Gasteiger partial charge in [-0.2, -0.15) is 0 Å². The Kier molecular flexibility index (Phi) is 3.78. The minimum absolute atomic E-state index is 0.275. The lowest BCUT2D eigenvalue weighted by molar-refractivity contribution is 0.528. The van der Waals surface area contributed by atoms with E-state index in [-0.39, 0.29) is 11.7 Å². The highest BCUT2D eigenvalue weighted by Gasteiger charge is 2.16. The van der Waals surface area contributed by atoms with Gasteiger partial charge in [-0.15, -0.1) is 22.0 Å². The van der Waals surface area contributed by atoms with Crippen molar-refractivity contribution >= 4 is 17.3 Å². The minimum Gasteiger partial charge on any atom is -0.419 e. The zero-order valence-electron chi connectivity index (χ0n) is 12.8. The first-order valence-corrected chi connectivity index (χ1v) is 8.33. The molecular formula is C17H13FN4OS. The first-order valence-electron chi connectivity index (χ1n) is 7.34. The number of fused-ring (bicyclic) bond motifs is 1. The van der Waals surface area contributed by atoms with Crippen molar-refractivity contribution in [1.82, 2.24) is 19.6 Å². The molecule has 1 aromatic carbocycles. The minimum atomic E-state index is -0.331. The third kappa shape index (κ3) is 2.78. The average molecular weight is 340 g/mol. The van der Waals surface area contributed by atoms with Gasteiger partial charge in [-0.1, -0.05) is 30.3 Å². The van der Waals surface area contributed by atoms with Gasteiger partial charge >= 0.3 is 0 Å². The normalized spacial score (nSPS) is 11.2. The quantitative estimate of drug-likeness (QED) is 0.523. The van der Waals surface area contributed by atoms with E-state index in [9.17, 15) is 4.39 Å². The van der Waals surface area contributed by atoms with Crippen LogP contribution in [0.3, 0.4) is 0 Å². The highest BCUT2D eigenvalue weighted by atomic mass is 32.2. The van der Waals surface area contributed by atoms with Gasteiger partial charge in [-0.05, 0) is 11.6 Å². The van der Waals surface area contributed by atoms with Crippen molar-refractivity contribution in [3.05, 3.63) is 66.1 Å². The molecule has 0 atom stereocenters. The number of imidazole rings is 1. The van der Waals surface area contributed by atoms with Gasteiger partial charge < -0.3 is 4.42 Å². The Morgan fingerprint density at radius 1 is 1.21 bits per heavy atom. The lowest BCUT2D eigenvalue weighted by Gasteiger charge is -2.05.